The quantitative estimate of drug-likeness (QED) is 0.451. The normalized spacial score (nSPS) is 14.7. The van der Waals surface area contributed by atoms with Crippen molar-refractivity contribution in [3.63, 3.8) is 0 Å². The van der Waals surface area contributed by atoms with Crippen LogP contribution in [0.2, 0.25) is 0 Å². The van der Waals surface area contributed by atoms with Crippen molar-refractivity contribution < 1.29 is 4.92 Å². The molecule has 1 saturated carbocycles. The molecule has 3 aromatic rings. The molecular formula is C12H10N6O2S. The van der Waals surface area contributed by atoms with Crippen molar-refractivity contribution in [2.45, 2.75) is 18.8 Å². The molecule has 0 radical (unpaired) electrons. The number of hydrogen-bond acceptors (Lipinski definition) is 7. The smallest absolute Gasteiger partial charge is 0.270 e. The topological polar surface area (TPSA) is 112 Å². The van der Waals surface area contributed by atoms with E-state index in [9.17, 15) is 10.1 Å². The van der Waals surface area contributed by atoms with Gasteiger partial charge in [-0.3, -0.25) is 10.1 Å². The van der Waals surface area contributed by atoms with Gasteiger partial charge < -0.3 is 5.73 Å². The molecule has 0 aliphatic heterocycles. The van der Waals surface area contributed by atoms with E-state index in [-0.39, 0.29) is 5.69 Å². The molecule has 1 aromatic carbocycles. The van der Waals surface area contributed by atoms with Gasteiger partial charge in [0.15, 0.2) is 5.82 Å². The molecule has 106 valence electrons. The van der Waals surface area contributed by atoms with Gasteiger partial charge >= 0.3 is 0 Å². The van der Waals surface area contributed by atoms with Gasteiger partial charge in [0.05, 0.1) is 4.92 Å². The Labute approximate surface area is 122 Å². The van der Waals surface area contributed by atoms with Crippen LogP contribution in [0.4, 0.5) is 11.4 Å². The molecule has 1 fully saturated rings. The summed E-state index contributed by atoms with van der Waals surface area (Å²) in [6.45, 7) is 0. The zero-order valence-electron chi connectivity index (χ0n) is 10.8. The standard InChI is InChI=1S/C12H10N6O2S/c13-9-4-3-7(18(19)20)5-8(9)11-16-17-10(6-1-2-6)14-15-12(17)21-11/h3-6H,1-2,13H2. The van der Waals surface area contributed by atoms with E-state index in [0.717, 1.165) is 18.7 Å². The highest BCUT2D eigenvalue weighted by Crippen LogP contribution is 2.40. The maximum absolute atomic E-state index is 10.9. The summed E-state index contributed by atoms with van der Waals surface area (Å²) in [7, 11) is 0. The molecule has 0 bridgehead atoms. The van der Waals surface area contributed by atoms with E-state index in [4.69, 9.17) is 5.73 Å². The maximum atomic E-state index is 10.9. The second-order valence-electron chi connectivity index (χ2n) is 4.96. The van der Waals surface area contributed by atoms with Crippen LogP contribution in [0.3, 0.4) is 0 Å². The van der Waals surface area contributed by atoms with E-state index >= 15 is 0 Å². The van der Waals surface area contributed by atoms with E-state index in [1.54, 1.807) is 4.52 Å². The predicted molar refractivity (Wildman–Crippen MR) is 77.1 cm³/mol. The summed E-state index contributed by atoms with van der Waals surface area (Å²) in [5.41, 5.74) is 6.93. The van der Waals surface area contributed by atoms with Gasteiger partial charge in [-0.1, -0.05) is 11.3 Å². The molecular weight excluding hydrogens is 292 g/mol. The summed E-state index contributed by atoms with van der Waals surface area (Å²) in [6.07, 6.45) is 2.21. The lowest BCUT2D eigenvalue weighted by atomic mass is 10.1. The van der Waals surface area contributed by atoms with Crippen molar-refractivity contribution in [1.82, 2.24) is 19.8 Å². The SMILES string of the molecule is Nc1ccc([N+](=O)[O-])cc1-c1nn2c(C3CC3)nnc2s1. The number of anilines is 1. The van der Waals surface area contributed by atoms with Crippen molar-refractivity contribution in [3.8, 4) is 10.6 Å². The van der Waals surface area contributed by atoms with Gasteiger partial charge in [0, 0.05) is 29.3 Å². The Kier molecular flexibility index (Phi) is 2.45. The number of rotatable bonds is 3. The molecule has 1 aliphatic rings. The van der Waals surface area contributed by atoms with Crippen LogP contribution in [-0.2, 0) is 0 Å². The number of nitro benzene ring substituents is 1. The molecule has 8 nitrogen and oxygen atoms in total. The fourth-order valence-corrected chi connectivity index (χ4v) is 3.06. The number of hydrogen-bond donors (Lipinski definition) is 1. The van der Waals surface area contributed by atoms with Crippen LogP contribution in [0.25, 0.3) is 15.5 Å². The minimum absolute atomic E-state index is 0.00687. The second-order valence-corrected chi connectivity index (χ2v) is 5.92. The summed E-state index contributed by atoms with van der Waals surface area (Å²) in [4.78, 5) is 11.1. The van der Waals surface area contributed by atoms with E-state index in [1.807, 2.05) is 0 Å². The van der Waals surface area contributed by atoms with Crippen LogP contribution in [0.5, 0.6) is 0 Å². The Bertz CT molecular complexity index is 866. The van der Waals surface area contributed by atoms with E-state index in [0.29, 0.717) is 27.1 Å². The van der Waals surface area contributed by atoms with Gasteiger partial charge in [-0.15, -0.1) is 10.2 Å². The summed E-state index contributed by atoms with van der Waals surface area (Å²) in [6, 6.07) is 4.35. The zero-order chi connectivity index (χ0) is 14.6. The Morgan fingerprint density at radius 2 is 2.19 bits per heavy atom. The number of benzene rings is 1. The van der Waals surface area contributed by atoms with E-state index in [1.165, 1.54) is 29.5 Å². The molecule has 2 aromatic heterocycles. The molecule has 9 heteroatoms. The lowest BCUT2D eigenvalue weighted by molar-refractivity contribution is -0.384. The number of non-ortho nitro benzene ring substituents is 1. The molecule has 0 spiro atoms. The zero-order valence-corrected chi connectivity index (χ0v) is 11.6. The largest absolute Gasteiger partial charge is 0.398 e. The molecule has 2 heterocycles. The predicted octanol–water partition coefficient (Wildman–Crippen LogP) is 2.22. The van der Waals surface area contributed by atoms with Gasteiger partial charge in [-0.25, -0.2) is 0 Å². The third-order valence-electron chi connectivity index (χ3n) is 3.44. The second kappa shape index (κ2) is 4.22. The van der Waals surface area contributed by atoms with E-state index in [2.05, 4.69) is 15.3 Å². The first-order chi connectivity index (χ1) is 10.1. The van der Waals surface area contributed by atoms with Gasteiger partial charge in [-0.05, 0) is 18.9 Å². The van der Waals surface area contributed by atoms with Crippen molar-refractivity contribution in [2.24, 2.45) is 0 Å². The number of aromatic nitrogens is 4. The highest BCUT2D eigenvalue weighted by Gasteiger charge is 2.30. The molecule has 1 aliphatic carbocycles. The fraction of sp³-hybridized carbons (Fsp3) is 0.250. The minimum Gasteiger partial charge on any atom is -0.398 e. The number of nitro groups is 1. The summed E-state index contributed by atoms with van der Waals surface area (Å²) >= 11 is 1.33. The fourth-order valence-electron chi connectivity index (χ4n) is 2.18. The molecule has 0 atom stereocenters. The minimum atomic E-state index is -0.446. The Morgan fingerprint density at radius 1 is 1.38 bits per heavy atom. The first kappa shape index (κ1) is 12.2. The lowest BCUT2D eigenvalue weighted by Crippen LogP contribution is -1.96. The molecule has 2 N–H and O–H groups in total. The number of nitrogens with zero attached hydrogens (tertiary/aromatic N) is 5. The van der Waals surface area contributed by atoms with Crippen molar-refractivity contribution in [3.05, 3.63) is 34.1 Å². The number of nitrogens with two attached hydrogens (primary N) is 1. The summed E-state index contributed by atoms with van der Waals surface area (Å²) < 4.78 is 1.72. The van der Waals surface area contributed by atoms with Crippen LogP contribution >= 0.6 is 11.3 Å². The lowest BCUT2D eigenvalue weighted by Gasteiger charge is -2.01. The van der Waals surface area contributed by atoms with Crippen LogP contribution in [-0.4, -0.2) is 24.7 Å². The first-order valence-electron chi connectivity index (χ1n) is 6.40. The van der Waals surface area contributed by atoms with Crippen LogP contribution < -0.4 is 5.73 Å². The average molecular weight is 302 g/mol. The van der Waals surface area contributed by atoms with Gasteiger partial charge in [0.1, 0.15) is 5.01 Å². The molecule has 21 heavy (non-hydrogen) atoms. The summed E-state index contributed by atoms with van der Waals surface area (Å²) in [5.74, 6) is 1.29. The molecule has 0 amide bonds. The van der Waals surface area contributed by atoms with Crippen LogP contribution in [0.1, 0.15) is 24.6 Å². The Hall–Kier alpha value is -2.55. The van der Waals surface area contributed by atoms with Crippen LogP contribution in [0.15, 0.2) is 18.2 Å². The van der Waals surface area contributed by atoms with E-state index < -0.39 is 4.92 Å². The van der Waals surface area contributed by atoms with Crippen molar-refractivity contribution in [2.75, 3.05) is 5.73 Å². The van der Waals surface area contributed by atoms with Crippen molar-refractivity contribution >= 4 is 27.7 Å². The third-order valence-corrected chi connectivity index (χ3v) is 4.37. The van der Waals surface area contributed by atoms with Gasteiger partial charge in [0.2, 0.25) is 4.96 Å². The molecule has 0 saturated heterocycles. The van der Waals surface area contributed by atoms with Crippen molar-refractivity contribution in [1.29, 1.82) is 0 Å². The molecule has 0 unspecified atom stereocenters. The average Bonchev–Trinajstić information content (AvgIpc) is 3.08. The maximum Gasteiger partial charge on any atom is 0.270 e. The number of nitrogen functional groups attached to an aromatic ring is 1. The third kappa shape index (κ3) is 1.93. The number of fused-ring (bicyclic) bond motifs is 1. The van der Waals surface area contributed by atoms with Crippen LogP contribution in [0, 0.1) is 10.1 Å². The Balaban J connectivity index is 1.86. The van der Waals surface area contributed by atoms with Gasteiger partial charge in [0.25, 0.3) is 5.69 Å². The molecule has 4 rings (SSSR count). The highest BCUT2D eigenvalue weighted by molar-refractivity contribution is 7.19. The highest BCUT2D eigenvalue weighted by atomic mass is 32.1. The Morgan fingerprint density at radius 3 is 2.90 bits per heavy atom. The monoisotopic (exact) mass is 302 g/mol. The van der Waals surface area contributed by atoms with Gasteiger partial charge in [-0.2, -0.15) is 9.61 Å². The first-order valence-corrected chi connectivity index (χ1v) is 7.21. The summed E-state index contributed by atoms with van der Waals surface area (Å²) in [5, 5.41) is 24.2.